The SMILES string of the molecule is C.Cc1ccc(C(C)C)cc1C(C)C.Cc1ccc(C(C)C)cc1C(C)C.Cc1ccc(C(C)C)cc1C(C)C. The molecule has 40 heavy (non-hydrogen) atoms. The highest BCUT2D eigenvalue weighted by molar-refractivity contribution is 5.36. The van der Waals surface area contributed by atoms with Crippen molar-refractivity contribution in [3.05, 3.63) is 105 Å². The van der Waals surface area contributed by atoms with Gasteiger partial charge in [-0.25, -0.2) is 0 Å². The van der Waals surface area contributed by atoms with E-state index in [1.165, 1.54) is 50.1 Å². The van der Waals surface area contributed by atoms with Gasteiger partial charge in [-0.2, -0.15) is 0 Å². The van der Waals surface area contributed by atoms with E-state index in [2.05, 4.69) is 158 Å². The molecule has 0 aromatic heterocycles. The van der Waals surface area contributed by atoms with Crippen LogP contribution in [0.25, 0.3) is 0 Å². The first-order valence-corrected chi connectivity index (χ1v) is 15.4. The van der Waals surface area contributed by atoms with Crippen LogP contribution < -0.4 is 0 Å². The lowest BCUT2D eigenvalue weighted by Gasteiger charge is -2.13. The van der Waals surface area contributed by atoms with Gasteiger partial charge in [0, 0.05) is 0 Å². The molecule has 0 aliphatic carbocycles. The van der Waals surface area contributed by atoms with E-state index in [-0.39, 0.29) is 7.43 Å². The Kier molecular flexibility index (Phi) is 16.4. The second kappa shape index (κ2) is 17.5. The monoisotopic (exact) mass is 545 g/mol. The van der Waals surface area contributed by atoms with Crippen molar-refractivity contribution in [2.75, 3.05) is 0 Å². The smallest absolute Gasteiger partial charge is 0.0216 e. The van der Waals surface area contributed by atoms with Crippen LogP contribution in [-0.2, 0) is 0 Å². The molecule has 0 saturated carbocycles. The Balaban J connectivity index is 0.000000563. The molecule has 0 radical (unpaired) electrons. The topological polar surface area (TPSA) is 0 Å². The van der Waals surface area contributed by atoms with E-state index in [4.69, 9.17) is 0 Å². The fraction of sp³-hybridized carbons (Fsp3) is 0.550. The minimum absolute atomic E-state index is 0. The van der Waals surface area contributed by atoms with Gasteiger partial charge < -0.3 is 0 Å². The van der Waals surface area contributed by atoms with Crippen molar-refractivity contribution in [2.24, 2.45) is 0 Å². The average Bonchev–Trinajstić information content (AvgIpc) is 2.84. The summed E-state index contributed by atoms with van der Waals surface area (Å²) in [4.78, 5) is 0. The lowest BCUT2D eigenvalue weighted by molar-refractivity contribution is 0.826. The minimum Gasteiger partial charge on any atom is -0.0776 e. The first-order chi connectivity index (χ1) is 18.1. The van der Waals surface area contributed by atoms with Gasteiger partial charge in [0.15, 0.2) is 0 Å². The maximum atomic E-state index is 2.35. The fourth-order valence-electron chi connectivity index (χ4n) is 4.92. The van der Waals surface area contributed by atoms with Crippen LogP contribution >= 0.6 is 0 Å². The Morgan fingerprint density at radius 3 is 0.675 bits per heavy atom. The first-order valence-electron chi connectivity index (χ1n) is 15.4. The summed E-state index contributed by atoms with van der Waals surface area (Å²) in [6, 6.07) is 20.5. The zero-order valence-electron chi connectivity index (χ0n) is 28.2. The van der Waals surface area contributed by atoms with E-state index in [9.17, 15) is 0 Å². The molecule has 0 atom stereocenters. The highest BCUT2D eigenvalue weighted by atomic mass is 14.1. The summed E-state index contributed by atoms with van der Waals surface area (Å²) < 4.78 is 0. The number of hydrogen-bond acceptors (Lipinski definition) is 0. The van der Waals surface area contributed by atoms with Crippen LogP contribution in [0.4, 0.5) is 0 Å². The van der Waals surface area contributed by atoms with Gasteiger partial charge in [0.1, 0.15) is 0 Å². The van der Waals surface area contributed by atoms with Gasteiger partial charge >= 0.3 is 0 Å². The van der Waals surface area contributed by atoms with E-state index in [1.54, 1.807) is 0 Å². The molecule has 0 N–H and O–H groups in total. The predicted octanol–water partition coefficient (Wildman–Crippen LogP) is 13.4. The summed E-state index contributed by atoms with van der Waals surface area (Å²) in [5.41, 5.74) is 13.1. The van der Waals surface area contributed by atoms with Crippen molar-refractivity contribution in [3.8, 4) is 0 Å². The lowest BCUT2D eigenvalue weighted by atomic mass is 9.92. The molecule has 0 bridgehead atoms. The maximum absolute atomic E-state index is 2.35. The van der Waals surface area contributed by atoms with Gasteiger partial charge in [0.2, 0.25) is 0 Å². The summed E-state index contributed by atoms with van der Waals surface area (Å²) in [7, 11) is 0. The fourth-order valence-corrected chi connectivity index (χ4v) is 4.92. The van der Waals surface area contributed by atoms with Crippen LogP contribution in [0.3, 0.4) is 0 Å². The second-order valence-electron chi connectivity index (χ2n) is 13.3. The van der Waals surface area contributed by atoms with Gasteiger partial charge in [-0.1, -0.05) is 145 Å². The molecule has 0 heteroatoms. The number of hydrogen-bond donors (Lipinski definition) is 0. The van der Waals surface area contributed by atoms with E-state index in [0.29, 0.717) is 35.5 Å². The third-order valence-corrected chi connectivity index (χ3v) is 7.78. The Morgan fingerprint density at radius 2 is 0.525 bits per heavy atom. The van der Waals surface area contributed by atoms with Crippen LogP contribution in [0.5, 0.6) is 0 Å². The van der Waals surface area contributed by atoms with Gasteiger partial charge in [0.05, 0.1) is 0 Å². The summed E-state index contributed by atoms with van der Waals surface area (Å²) in [6.07, 6.45) is 0. The summed E-state index contributed by atoms with van der Waals surface area (Å²) in [5, 5.41) is 0. The molecule has 0 unspecified atom stereocenters. The summed E-state index contributed by atoms with van der Waals surface area (Å²) in [5.74, 6) is 3.82. The van der Waals surface area contributed by atoms with E-state index in [1.807, 2.05) is 0 Å². The maximum Gasteiger partial charge on any atom is -0.0216 e. The Hall–Kier alpha value is -2.34. The Morgan fingerprint density at radius 1 is 0.325 bits per heavy atom. The molecular weight excluding hydrogens is 480 g/mol. The van der Waals surface area contributed by atoms with Crippen molar-refractivity contribution in [2.45, 2.75) is 147 Å². The van der Waals surface area contributed by atoms with E-state index in [0.717, 1.165) is 0 Å². The molecule has 0 spiro atoms. The quantitative estimate of drug-likeness (QED) is 0.289. The third-order valence-electron chi connectivity index (χ3n) is 7.78. The molecule has 3 rings (SSSR count). The van der Waals surface area contributed by atoms with Gasteiger partial charge in [-0.15, -0.1) is 0 Å². The number of aryl methyl sites for hydroxylation is 3. The standard InChI is InChI=1S/3C13H20.CH4/c3*1-9(2)12-7-6-11(5)13(8-12)10(3)4;/h3*6-10H,1-5H3;1H4. The minimum atomic E-state index is 0. The van der Waals surface area contributed by atoms with E-state index < -0.39 is 0 Å². The van der Waals surface area contributed by atoms with Gasteiger partial charge in [-0.3, -0.25) is 0 Å². The zero-order valence-corrected chi connectivity index (χ0v) is 28.2. The van der Waals surface area contributed by atoms with Crippen molar-refractivity contribution >= 4 is 0 Å². The summed E-state index contributed by atoms with van der Waals surface area (Å²) in [6.45, 7) is 33.6. The molecule has 3 aromatic carbocycles. The molecule has 0 amide bonds. The molecule has 0 heterocycles. The summed E-state index contributed by atoms with van der Waals surface area (Å²) >= 11 is 0. The normalized spacial score (nSPS) is 11.0. The van der Waals surface area contributed by atoms with Crippen molar-refractivity contribution in [1.82, 2.24) is 0 Å². The molecule has 0 saturated heterocycles. The Labute approximate surface area is 251 Å². The van der Waals surface area contributed by atoms with Crippen LogP contribution in [0, 0.1) is 20.8 Å². The van der Waals surface area contributed by atoms with Gasteiger partial charge in [0.25, 0.3) is 0 Å². The second-order valence-corrected chi connectivity index (χ2v) is 13.3. The molecule has 224 valence electrons. The van der Waals surface area contributed by atoms with Crippen LogP contribution in [-0.4, -0.2) is 0 Å². The van der Waals surface area contributed by atoms with Crippen LogP contribution in [0.2, 0.25) is 0 Å². The van der Waals surface area contributed by atoms with Crippen molar-refractivity contribution < 1.29 is 0 Å². The zero-order chi connectivity index (χ0) is 30.0. The van der Waals surface area contributed by atoms with Gasteiger partial charge in [-0.05, 0) is 106 Å². The predicted molar refractivity (Wildman–Crippen MR) is 185 cm³/mol. The molecule has 0 nitrogen and oxygen atoms in total. The molecule has 0 fully saturated rings. The number of benzene rings is 3. The van der Waals surface area contributed by atoms with Crippen LogP contribution in [0.15, 0.2) is 54.6 Å². The first kappa shape index (κ1) is 37.7. The molecule has 3 aromatic rings. The van der Waals surface area contributed by atoms with E-state index >= 15 is 0 Å². The lowest BCUT2D eigenvalue weighted by Crippen LogP contribution is -1.95. The highest BCUT2D eigenvalue weighted by Crippen LogP contribution is 2.26. The molecule has 0 aliphatic rings. The molecular formula is C40H64. The third kappa shape index (κ3) is 11.6. The van der Waals surface area contributed by atoms with Crippen LogP contribution in [0.1, 0.15) is 176 Å². The van der Waals surface area contributed by atoms with Crippen molar-refractivity contribution in [3.63, 3.8) is 0 Å². The average molecular weight is 545 g/mol. The van der Waals surface area contributed by atoms with Crippen molar-refractivity contribution in [1.29, 1.82) is 0 Å². The molecule has 0 aliphatic heterocycles. The highest BCUT2D eigenvalue weighted by Gasteiger charge is 2.08. The largest absolute Gasteiger partial charge is 0.0776 e. The number of rotatable bonds is 6. The Bertz CT molecular complexity index is 992.